The molecule has 1 aliphatic carbocycles. The molecular formula is C20H25NO4S. The molecule has 6 heteroatoms. The molecule has 0 saturated carbocycles. The third kappa shape index (κ3) is 4.92. The molecular weight excluding hydrogens is 350 g/mol. The molecule has 1 heterocycles. The van der Waals surface area contributed by atoms with Gasteiger partial charge < -0.3 is 10.2 Å². The summed E-state index contributed by atoms with van der Waals surface area (Å²) in [6.45, 7) is 1.58. The molecule has 2 aliphatic rings. The van der Waals surface area contributed by atoms with Crippen molar-refractivity contribution < 1.29 is 18.6 Å². The minimum absolute atomic E-state index is 0.0176. The zero-order valence-electron chi connectivity index (χ0n) is 14.7. The molecule has 5 nitrogen and oxygen atoms in total. The van der Waals surface area contributed by atoms with Crippen molar-refractivity contribution in [2.45, 2.75) is 25.0 Å². The molecule has 140 valence electrons. The fourth-order valence-corrected chi connectivity index (χ4v) is 4.60. The predicted molar refractivity (Wildman–Crippen MR) is 103 cm³/mol. The molecule has 1 aromatic rings. The molecule has 0 spiro atoms. The minimum Gasteiger partial charge on any atom is -0.389 e. The Morgan fingerprint density at radius 2 is 1.96 bits per heavy atom. The third-order valence-corrected chi connectivity index (χ3v) is 6.55. The second-order valence-corrected chi connectivity index (χ2v) is 8.89. The van der Waals surface area contributed by atoms with Crippen LogP contribution in [0.25, 0.3) is 6.08 Å². The van der Waals surface area contributed by atoms with Crippen LogP contribution in [0.1, 0.15) is 18.4 Å². The molecule has 2 atom stereocenters. The topological polar surface area (TPSA) is 77.8 Å². The zero-order valence-corrected chi connectivity index (χ0v) is 15.5. The summed E-state index contributed by atoms with van der Waals surface area (Å²) in [5, 5.41) is 19.8. The summed E-state index contributed by atoms with van der Waals surface area (Å²) >= 11 is 0. The number of piperidine rings is 1. The first-order valence-corrected chi connectivity index (χ1v) is 10.5. The Bertz CT molecular complexity index is 811. The van der Waals surface area contributed by atoms with Gasteiger partial charge in [-0.25, -0.2) is 8.42 Å². The first-order chi connectivity index (χ1) is 12.4. The normalized spacial score (nSPS) is 26.1. The predicted octanol–water partition coefficient (Wildman–Crippen LogP) is 1.76. The number of allylic oxidation sites excluding steroid dienone is 1. The largest absolute Gasteiger partial charge is 0.389 e. The second-order valence-electron chi connectivity index (χ2n) is 6.78. The summed E-state index contributed by atoms with van der Waals surface area (Å²) in [4.78, 5) is 2.27. The molecule has 1 saturated heterocycles. The molecule has 26 heavy (non-hydrogen) atoms. The van der Waals surface area contributed by atoms with Crippen molar-refractivity contribution in [3.63, 3.8) is 0 Å². The molecule has 1 unspecified atom stereocenters. The van der Waals surface area contributed by atoms with E-state index in [9.17, 15) is 18.6 Å². The van der Waals surface area contributed by atoms with Crippen LogP contribution < -0.4 is 0 Å². The quantitative estimate of drug-likeness (QED) is 0.820. The van der Waals surface area contributed by atoms with E-state index in [0.717, 1.165) is 24.1 Å². The van der Waals surface area contributed by atoms with Crippen molar-refractivity contribution in [2.24, 2.45) is 0 Å². The molecule has 3 rings (SSSR count). The SMILES string of the molecule is O=S(=O)(CCN1CC/C(=C\c2ccccc2)[C@H](O)C1)C1=CCC(O)C=C1. The Kier molecular flexibility index (Phi) is 6.09. The van der Waals surface area contributed by atoms with E-state index in [1.54, 1.807) is 6.08 Å². The monoisotopic (exact) mass is 375 g/mol. The van der Waals surface area contributed by atoms with Crippen LogP contribution in [0.2, 0.25) is 0 Å². The molecule has 0 bridgehead atoms. The number of rotatable bonds is 5. The van der Waals surface area contributed by atoms with Crippen LogP contribution in [0, 0.1) is 0 Å². The lowest BCUT2D eigenvalue weighted by molar-refractivity contribution is 0.117. The average molecular weight is 375 g/mol. The Balaban J connectivity index is 1.55. The van der Waals surface area contributed by atoms with Crippen LogP contribution in [0.3, 0.4) is 0 Å². The average Bonchev–Trinajstić information content (AvgIpc) is 2.63. The summed E-state index contributed by atoms with van der Waals surface area (Å²) in [6, 6.07) is 9.89. The fourth-order valence-electron chi connectivity index (χ4n) is 3.23. The lowest BCUT2D eigenvalue weighted by atomic mass is 9.98. The lowest BCUT2D eigenvalue weighted by Crippen LogP contribution is -2.42. The van der Waals surface area contributed by atoms with E-state index in [4.69, 9.17) is 0 Å². The summed E-state index contributed by atoms with van der Waals surface area (Å²) < 4.78 is 24.8. The highest BCUT2D eigenvalue weighted by Crippen LogP contribution is 2.21. The van der Waals surface area contributed by atoms with E-state index in [0.29, 0.717) is 19.5 Å². The molecule has 0 aromatic heterocycles. The highest BCUT2D eigenvalue weighted by Gasteiger charge is 2.25. The number of benzene rings is 1. The van der Waals surface area contributed by atoms with E-state index in [-0.39, 0.29) is 10.7 Å². The fraction of sp³-hybridized carbons (Fsp3) is 0.400. The standard InChI is InChI=1S/C20H25NO4S/c22-18-6-8-19(9-7-18)26(24,25)13-12-21-11-10-17(20(23)15-21)14-16-4-2-1-3-5-16/h1-6,8-9,14,18,20,22-23H,7,10-13,15H2/b17-14+/t18?,20-/m1/s1. The van der Waals surface area contributed by atoms with E-state index in [2.05, 4.69) is 0 Å². The van der Waals surface area contributed by atoms with Gasteiger partial charge in [0.2, 0.25) is 0 Å². The maximum Gasteiger partial charge on any atom is 0.179 e. The maximum absolute atomic E-state index is 12.4. The summed E-state index contributed by atoms with van der Waals surface area (Å²) in [6.07, 6.45) is 6.48. The minimum atomic E-state index is -3.36. The Labute approximate surface area is 154 Å². The van der Waals surface area contributed by atoms with Gasteiger partial charge in [-0.3, -0.25) is 4.90 Å². The number of aliphatic hydroxyl groups is 2. The molecule has 2 N–H and O–H groups in total. The van der Waals surface area contributed by atoms with Crippen LogP contribution in [0.4, 0.5) is 0 Å². The molecule has 0 radical (unpaired) electrons. The van der Waals surface area contributed by atoms with E-state index >= 15 is 0 Å². The number of β-amino-alcohol motifs (C(OH)–C–C–N with tert-alkyl or cyclic N) is 1. The molecule has 1 aliphatic heterocycles. The number of nitrogens with zero attached hydrogens (tertiary/aromatic N) is 1. The van der Waals surface area contributed by atoms with Crippen LogP contribution in [0.5, 0.6) is 0 Å². The van der Waals surface area contributed by atoms with Gasteiger partial charge in [0.25, 0.3) is 0 Å². The van der Waals surface area contributed by atoms with Gasteiger partial charge in [0.1, 0.15) is 0 Å². The highest BCUT2D eigenvalue weighted by atomic mass is 32.2. The summed E-state index contributed by atoms with van der Waals surface area (Å²) in [5.41, 5.74) is 2.05. The van der Waals surface area contributed by atoms with Crippen molar-refractivity contribution in [1.29, 1.82) is 0 Å². The smallest absolute Gasteiger partial charge is 0.179 e. The van der Waals surface area contributed by atoms with E-state index in [1.165, 1.54) is 12.2 Å². The van der Waals surface area contributed by atoms with Gasteiger partial charge in [-0.05, 0) is 30.1 Å². The molecule has 1 fully saturated rings. The zero-order chi connectivity index (χ0) is 18.6. The van der Waals surface area contributed by atoms with Gasteiger partial charge in [0, 0.05) is 19.6 Å². The first kappa shape index (κ1) is 19.0. The van der Waals surface area contributed by atoms with Crippen molar-refractivity contribution in [3.8, 4) is 0 Å². The number of sulfone groups is 1. The Morgan fingerprint density at radius 3 is 2.62 bits per heavy atom. The lowest BCUT2D eigenvalue weighted by Gasteiger charge is -2.32. The van der Waals surface area contributed by atoms with Crippen molar-refractivity contribution in [1.82, 2.24) is 4.90 Å². The molecule has 0 amide bonds. The van der Waals surface area contributed by atoms with Crippen LogP contribution in [-0.2, 0) is 9.84 Å². The highest BCUT2D eigenvalue weighted by molar-refractivity contribution is 7.95. The van der Waals surface area contributed by atoms with Gasteiger partial charge in [-0.15, -0.1) is 0 Å². The third-order valence-electron chi connectivity index (χ3n) is 4.81. The van der Waals surface area contributed by atoms with Crippen molar-refractivity contribution in [3.05, 3.63) is 64.6 Å². The molecule has 1 aromatic carbocycles. The van der Waals surface area contributed by atoms with Crippen LogP contribution in [0.15, 0.2) is 59.0 Å². The van der Waals surface area contributed by atoms with E-state index < -0.39 is 22.0 Å². The summed E-state index contributed by atoms with van der Waals surface area (Å²) in [7, 11) is -3.36. The second kappa shape index (κ2) is 8.31. The number of hydrogen-bond acceptors (Lipinski definition) is 5. The van der Waals surface area contributed by atoms with Crippen molar-refractivity contribution >= 4 is 15.9 Å². The van der Waals surface area contributed by atoms with Gasteiger partial charge in [0.05, 0.1) is 22.9 Å². The number of likely N-dealkylation sites (tertiary alicyclic amines) is 1. The Hall–Kier alpha value is -1.73. The van der Waals surface area contributed by atoms with E-state index in [1.807, 2.05) is 41.3 Å². The summed E-state index contributed by atoms with van der Waals surface area (Å²) in [5.74, 6) is 0.0176. The van der Waals surface area contributed by atoms with Gasteiger partial charge >= 0.3 is 0 Å². The number of hydrogen-bond donors (Lipinski definition) is 2. The van der Waals surface area contributed by atoms with Crippen molar-refractivity contribution in [2.75, 3.05) is 25.4 Å². The van der Waals surface area contributed by atoms with Crippen LogP contribution in [-0.4, -0.2) is 61.1 Å². The van der Waals surface area contributed by atoms with Gasteiger partial charge in [-0.2, -0.15) is 0 Å². The maximum atomic E-state index is 12.4. The van der Waals surface area contributed by atoms with Crippen LogP contribution >= 0.6 is 0 Å². The number of aliphatic hydroxyl groups excluding tert-OH is 2. The van der Waals surface area contributed by atoms with Gasteiger partial charge in [-0.1, -0.05) is 48.6 Å². The van der Waals surface area contributed by atoms with Gasteiger partial charge in [0.15, 0.2) is 9.84 Å². The Morgan fingerprint density at radius 1 is 1.19 bits per heavy atom. The first-order valence-electron chi connectivity index (χ1n) is 8.89.